The number of allylic oxidation sites excluding steroid dienone is 2. The van der Waals surface area contributed by atoms with Crippen LogP contribution in [-0.4, -0.2) is 45.0 Å². The van der Waals surface area contributed by atoms with E-state index in [1.807, 2.05) is 0 Å². The monoisotopic (exact) mass is 369 g/mol. The molecule has 0 atom stereocenters. The third-order valence-electron chi connectivity index (χ3n) is 3.85. The molecule has 0 heterocycles. The van der Waals surface area contributed by atoms with Gasteiger partial charge in [-0.1, -0.05) is 0 Å². The minimum Gasteiger partial charge on any atom is -0.489 e. The van der Waals surface area contributed by atoms with Gasteiger partial charge in [-0.2, -0.15) is 0 Å². The number of rotatable bonds is 12. The van der Waals surface area contributed by atoms with Gasteiger partial charge in [0, 0.05) is 17.6 Å². The highest BCUT2D eigenvalue weighted by atomic mass is 16.7. The van der Waals surface area contributed by atoms with Gasteiger partial charge < -0.3 is 19.0 Å². The molecule has 0 bridgehead atoms. The highest BCUT2D eigenvalue weighted by Gasteiger charge is 2.34. The first kappa shape index (κ1) is 21.3. The molecule has 1 aliphatic carbocycles. The maximum Gasteiger partial charge on any atom is 0.305 e. The largest absolute Gasteiger partial charge is 0.489 e. The van der Waals surface area contributed by atoms with Crippen molar-refractivity contribution >= 4 is 17.5 Å². The van der Waals surface area contributed by atoms with E-state index in [9.17, 15) is 19.3 Å². The van der Waals surface area contributed by atoms with E-state index in [0.717, 1.165) is 0 Å². The number of esters is 1. The van der Waals surface area contributed by atoms with Crippen molar-refractivity contribution in [2.24, 2.45) is 5.34 Å². The standard InChI is InChI=1S/C17H23NO8/c1-11-12(15(21)17(24-3)16(23-2)14(11)20)7-6-9-25-13(19)8-4-5-10-26-18-22/h4-10H2,1-3H3. The zero-order valence-electron chi connectivity index (χ0n) is 15.2. The Balaban J connectivity index is 2.44. The second-order valence-corrected chi connectivity index (χ2v) is 5.52. The quantitative estimate of drug-likeness (QED) is 0.169. The zero-order chi connectivity index (χ0) is 19.5. The predicted molar refractivity (Wildman–Crippen MR) is 89.5 cm³/mol. The summed E-state index contributed by atoms with van der Waals surface area (Å²) < 4.78 is 15.0. The summed E-state index contributed by atoms with van der Waals surface area (Å²) in [5.74, 6) is -1.36. The van der Waals surface area contributed by atoms with Gasteiger partial charge in [0.2, 0.25) is 23.1 Å². The highest BCUT2D eigenvalue weighted by Crippen LogP contribution is 2.28. The summed E-state index contributed by atoms with van der Waals surface area (Å²) in [6, 6.07) is 0. The molecule has 9 nitrogen and oxygen atoms in total. The molecule has 9 heteroatoms. The Hall–Kier alpha value is -2.71. The summed E-state index contributed by atoms with van der Waals surface area (Å²) >= 11 is 0. The summed E-state index contributed by atoms with van der Waals surface area (Å²) in [6.45, 7) is 1.86. The number of carbonyl (C=O) groups is 3. The molecule has 26 heavy (non-hydrogen) atoms. The molecule has 0 fully saturated rings. The number of unbranched alkanes of at least 4 members (excludes halogenated alkanes) is 1. The van der Waals surface area contributed by atoms with Gasteiger partial charge in [0.25, 0.3) is 0 Å². The molecule has 0 spiro atoms. The zero-order valence-corrected chi connectivity index (χ0v) is 15.2. The van der Waals surface area contributed by atoms with Crippen molar-refractivity contribution in [2.75, 3.05) is 27.4 Å². The minimum atomic E-state index is -0.392. The smallest absolute Gasteiger partial charge is 0.305 e. The Labute approximate surface area is 151 Å². The molecule has 0 aromatic rings. The molecule has 0 radical (unpaired) electrons. The van der Waals surface area contributed by atoms with E-state index in [2.05, 4.69) is 10.2 Å². The van der Waals surface area contributed by atoms with E-state index in [4.69, 9.17) is 14.2 Å². The van der Waals surface area contributed by atoms with E-state index in [-0.39, 0.29) is 49.3 Å². The molecule has 0 unspecified atom stereocenters. The first-order valence-electron chi connectivity index (χ1n) is 8.19. The van der Waals surface area contributed by atoms with Gasteiger partial charge in [-0.15, -0.1) is 4.91 Å². The third-order valence-corrected chi connectivity index (χ3v) is 3.85. The molecular formula is C17H23NO8. The SMILES string of the molecule is COC1=C(OC)C(=O)C(CCCOC(=O)CCCCON=O)=C(C)C1=O. The average molecular weight is 369 g/mol. The van der Waals surface area contributed by atoms with Crippen molar-refractivity contribution in [1.29, 1.82) is 0 Å². The lowest BCUT2D eigenvalue weighted by Gasteiger charge is -2.20. The van der Waals surface area contributed by atoms with Crippen LogP contribution < -0.4 is 0 Å². The molecule has 144 valence electrons. The summed E-state index contributed by atoms with van der Waals surface area (Å²) in [6.07, 6.45) is 1.93. The van der Waals surface area contributed by atoms with Gasteiger partial charge in [-0.3, -0.25) is 14.4 Å². The molecule has 1 aliphatic rings. The number of hydrogen-bond donors (Lipinski definition) is 0. The van der Waals surface area contributed by atoms with Crippen LogP contribution in [0.15, 0.2) is 28.0 Å². The molecule has 1 rings (SSSR count). The molecule has 0 N–H and O–H groups in total. The number of methoxy groups -OCH3 is 2. The fourth-order valence-electron chi connectivity index (χ4n) is 2.47. The van der Waals surface area contributed by atoms with Crippen molar-refractivity contribution < 1.29 is 33.4 Å². The maximum absolute atomic E-state index is 12.4. The van der Waals surface area contributed by atoms with Crippen LogP contribution in [0.1, 0.15) is 39.0 Å². The number of ketones is 2. The molecule has 0 aliphatic heterocycles. The predicted octanol–water partition coefficient (Wildman–Crippen LogP) is 2.15. The average Bonchev–Trinajstić information content (AvgIpc) is 2.63. The van der Waals surface area contributed by atoms with E-state index in [0.29, 0.717) is 30.4 Å². The lowest BCUT2D eigenvalue weighted by atomic mass is 9.90. The lowest BCUT2D eigenvalue weighted by molar-refractivity contribution is -0.143. The fourth-order valence-corrected chi connectivity index (χ4v) is 2.47. The molecular weight excluding hydrogens is 346 g/mol. The van der Waals surface area contributed by atoms with Crippen LogP contribution >= 0.6 is 0 Å². The molecule has 0 amide bonds. The van der Waals surface area contributed by atoms with Crippen LogP contribution in [0.4, 0.5) is 0 Å². The lowest BCUT2D eigenvalue weighted by Crippen LogP contribution is -2.25. The molecule has 0 saturated heterocycles. The number of carbonyl (C=O) groups excluding carboxylic acids is 3. The van der Waals surface area contributed by atoms with Crippen molar-refractivity contribution in [1.82, 2.24) is 0 Å². The molecule has 0 saturated carbocycles. The van der Waals surface area contributed by atoms with Crippen molar-refractivity contribution in [3.05, 3.63) is 27.6 Å². The van der Waals surface area contributed by atoms with Crippen LogP contribution in [-0.2, 0) is 33.4 Å². The van der Waals surface area contributed by atoms with Gasteiger partial charge in [0.15, 0.2) is 5.34 Å². The number of ether oxygens (including phenoxy) is 3. The van der Waals surface area contributed by atoms with E-state index >= 15 is 0 Å². The van der Waals surface area contributed by atoms with Crippen LogP contribution in [0.2, 0.25) is 0 Å². The number of nitrogens with zero attached hydrogens (tertiary/aromatic N) is 1. The number of Topliss-reactive ketones (excluding diaryl/α,β-unsaturated/α-hetero) is 2. The normalized spacial score (nSPS) is 14.4. The Morgan fingerprint density at radius 2 is 1.62 bits per heavy atom. The van der Waals surface area contributed by atoms with Gasteiger partial charge in [0.1, 0.15) is 6.61 Å². The van der Waals surface area contributed by atoms with Crippen molar-refractivity contribution in [3.63, 3.8) is 0 Å². The fraction of sp³-hybridized carbons (Fsp3) is 0.588. The molecule has 0 aromatic heterocycles. The first-order valence-corrected chi connectivity index (χ1v) is 8.19. The topological polar surface area (TPSA) is 118 Å². The summed E-state index contributed by atoms with van der Waals surface area (Å²) in [5, 5.41) is 2.25. The van der Waals surface area contributed by atoms with Crippen LogP contribution in [0.3, 0.4) is 0 Å². The van der Waals surface area contributed by atoms with Gasteiger partial charge in [-0.05, 0) is 32.6 Å². The summed E-state index contributed by atoms with van der Waals surface area (Å²) in [4.78, 5) is 50.2. The number of hydrogen-bond acceptors (Lipinski definition) is 9. The van der Waals surface area contributed by atoms with Gasteiger partial charge >= 0.3 is 5.97 Å². The van der Waals surface area contributed by atoms with Gasteiger partial charge in [-0.25, -0.2) is 0 Å². The summed E-state index contributed by atoms with van der Waals surface area (Å²) in [5.41, 5.74) is 0.643. The van der Waals surface area contributed by atoms with E-state index in [1.54, 1.807) is 6.92 Å². The Kier molecular flexibility index (Phi) is 9.04. The first-order chi connectivity index (χ1) is 12.5. The second-order valence-electron chi connectivity index (χ2n) is 5.52. The second kappa shape index (κ2) is 11.0. The van der Waals surface area contributed by atoms with Crippen LogP contribution in [0.25, 0.3) is 0 Å². The molecule has 0 aromatic carbocycles. The third kappa shape index (κ3) is 5.68. The van der Waals surface area contributed by atoms with E-state index in [1.165, 1.54) is 14.2 Å². The van der Waals surface area contributed by atoms with Crippen LogP contribution in [0.5, 0.6) is 0 Å². The maximum atomic E-state index is 12.4. The highest BCUT2D eigenvalue weighted by molar-refractivity contribution is 6.23. The minimum absolute atomic E-state index is 0.0982. The van der Waals surface area contributed by atoms with Crippen molar-refractivity contribution in [3.8, 4) is 0 Å². The Morgan fingerprint density at radius 1 is 0.962 bits per heavy atom. The van der Waals surface area contributed by atoms with Crippen LogP contribution in [0, 0.1) is 4.91 Å². The van der Waals surface area contributed by atoms with E-state index < -0.39 is 5.78 Å². The Morgan fingerprint density at radius 3 is 2.23 bits per heavy atom. The van der Waals surface area contributed by atoms with Gasteiger partial charge in [0.05, 0.1) is 20.8 Å². The Bertz CT molecular complexity index is 620. The van der Waals surface area contributed by atoms with Crippen molar-refractivity contribution in [2.45, 2.75) is 39.0 Å². The summed E-state index contributed by atoms with van der Waals surface area (Å²) in [7, 11) is 2.61.